The molecule has 0 aromatic rings. The number of rotatable bonds is 4. The van der Waals surface area contributed by atoms with Gasteiger partial charge in [-0.2, -0.15) is 8.42 Å². The molecular weight excluding hydrogens is 283 g/mol. The van der Waals surface area contributed by atoms with Gasteiger partial charge in [0.25, 0.3) is 10.1 Å². The molecule has 20 heavy (non-hydrogen) atoms. The molecule has 1 unspecified atom stereocenters. The Bertz CT molecular complexity index is 658. The van der Waals surface area contributed by atoms with Gasteiger partial charge in [-0.15, -0.1) is 0 Å². The Morgan fingerprint density at radius 1 is 1.25 bits per heavy atom. The van der Waals surface area contributed by atoms with Crippen LogP contribution in [0.5, 0.6) is 0 Å². The molecule has 0 aromatic carbocycles. The molecule has 0 fully saturated rings. The Morgan fingerprint density at radius 2 is 1.95 bits per heavy atom. The van der Waals surface area contributed by atoms with E-state index in [-0.39, 0.29) is 35.9 Å². The van der Waals surface area contributed by atoms with E-state index in [1.54, 1.807) is 6.07 Å². The Labute approximate surface area is 144 Å². The average molecular weight is 302 g/mol. The van der Waals surface area contributed by atoms with Crippen molar-refractivity contribution in [2.24, 2.45) is 0 Å². The molecule has 1 atom stereocenters. The summed E-state index contributed by atoms with van der Waals surface area (Å²) >= 11 is 0. The normalized spacial score (nSPS) is 12.9. The molecule has 0 saturated carbocycles. The van der Waals surface area contributed by atoms with E-state index < -0.39 is 10.1 Å². The average Bonchev–Trinajstić information content (AvgIpc) is 2.60. The van der Waals surface area contributed by atoms with Gasteiger partial charge in [-0.05, 0) is 35.6 Å². The second-order valence-electron chi connectivity index (χ2n) is 4.90. The van der Waals surface area contributed by atoms with Crippen molar-refractivity contribution in [2.45, 2.75) is 37.5 Å². The Kier molecular flexibility index (Phi) is 6.23. The van der Waals surface area contributed by atoms with E-state index in [1.165, 1.54) is 6.07 Å². The van der Waals surface area contributed by atoms with E-state index in [1.807, 2.05) is 24.3 Å². The van der Waals surface area contributed by atoms with Crippen LogP contribution in [0.25, 0.3) is 11.1 Å². The molecule has 1 N–H and O–H groups in total. The van der Waals surface area contributed by atoms with Crippen molar-refractivity contribution in [1.82, 2.24) is 0 Å². The third-order valence-corrected chi connectivity index (χ3v) is 4.35. The molecule has 0 heterocycles. The summed E-state index contributed by atoms with van der Waals surface area (Å²) in [5.74, 6) is 0.366. The molecule has 0 aliphatic heterocycles. The van der Waals surface area contributed by atoms with Crippen molar-refractivity contribution >= 4 is 10.1 Å². The standard InChI is InChI=1S/C15H18O3S.Na.H/c1-3-5-11(2)13-7-4-6-12-8-9-15(14(12)10-13)19(16,17)18;;/h4,6-11H,3,5H2,1-2H3,(H,16,17,18);;/q;+1;-1. The van der Waals surface area contributed by atoms with Crippen LogP contribution in [0.3, 0.4) is 0 Å². The van der Waals surface area contributed by atoms with E-state index in [0.717, 1.165) is 24.0 Å². The molecule has 0 spiro atoms. The van der Waals surface area contributed by atoms with Crippen LogP contribution in [0, 0.1) is 0 Å². The zero-order chi connectivity index (χ0) is 14.0. The fraction of sp³-hybridized carbons (Fsp3) is 0.333. The molecule has 3 nitrogen and oxygen atoms in total. The van der Waals surface area contributed by atoms with Crippen LogP contribution in [0.2, 0.25) is 0 Å². The zero-order valence-electron chi connectivity index (χ0n) is 13.1. The van der Waals surface area contributed by atoms with Crippen molar-refractivity contribution in [3.05, 3.63) is 42.0 Å². The predicted octanol–water partition coefficient (Wildman–Crippen LogP) is 1.06. The quantitative estimate of drug-likeness (QED) is 0.679. The SMILES string of the molecule is CCCC(C)c1cccc2ccc(S(=O)(=O)O)c-2c1.[H-].[Na+]. The maximum atomic E-state index is 11.4. The van der Waals surface area contributed by atoms with E-state index in [0.29, 0.717) is 11.5 Å². The zero-order valence-corrected chi connectivity index (χ0v) is 14.9. The van der Waals surface area contributed by atoms with Crippen molar-refractivity contribution in [3.63, 3.8) is 0 Å². The number of hydrogen-bond donors (Lipinski definition) is 1. The van der Waals surface area contributed by atoms with Crippen LogP contribution in [0.1, 0.15) is 39.6 Å². The van der Waals surface area contributed by atoms with Crippen LogP contribution in [-0.4, -0.2) is 13.0 Å². The molecule has 2 aliphatic carbocycles. The van der Waals surface area contributed by atoms with Gasteiger partial charge in [0.1, 0.15) is 4.90 Å². The van der Waals surface area contributed by atoms with Crippen LogP contribution >= 0.6 is 0 Å². The molecule has 104 valence electrons. The molecule has 2 aliphatic rings. The Balaban J connectivity index is 0.00000200. The first-order valence-electron chi connectivity index (χ1n) is 6.43. The van der Waals surface area contributed by atoms with Crippen LogP contribution in [0.4, 0.5) is 0 Å². The van der Waals surface area contributed by atoms with Gasteiger partial charge in [0.05, 0.1) is 0 Å². The topological polar surface area (TPSA) is 54.4 Å². The molecule has 0 radical (unpaired) electrons. The van der Waals surface area contributed by atoms with Crippen LogP contribution < -0.4 is 29.6 Å². The van der Waals surface area contributed by atoms with Gasteiger partial charge >= 0.3 is 29.6 Å². The monoisotopic (exact) mass is 302 g/mol. The third-order valence-electron chi connectivity index (χ3n) is 3.43. The first-order chi connectivity index (χ1) is 8.93. The number of hydrogen-bond acceptors (Lipinski definition) is 2. The third kappa shape index (κ3) is 3.83. The molecule has 0 bridgehead atoms. The van der Waals surface area contributed by atoms with E-state index in [9.17, 15) is 13.0 Å². The summed E-state index contributed by atoms with van der Waals surface area (Å²) < 4.78 is 32.0. The van der Waals surface area contributed by atoms with Gasteiger partial charge in [-0.3, -0.25) is 4.55 Å². The number of fused-ring (bicyclic) bond motifs is 1. The molecule has 0 amide bonds. The van der Waals surface area contributed by atoms with E-state index in [2.05, 4.69) is 13.8 Å². The second-order valence-corrected chi connectivity index (χ2v) is 6.29. The summed E-state index contributed by atoms with van der Waals surface area (Å²) in [4.78, 5) is -0.0105. The van der Waals surface area contributed by atoms with Gasteiger partial charge in [0.2, 0.25) is 0 Å². The molecular formula is C15H19NaO3S. The van der Waals surface area contributed by atoms with Gasteiger partial charge in [-0.1, -0.05) is 44.5 Å². The second kappa shape index (κ2) is 7.05. The van der Waals surface area contributed by atoms with E-state index >= 15 is 0 Å². The van der Waals surface area contributed by atoms with Gasteiger partial charge < -0.3 is 1.43 Å². The van der Waals surface area contributed by atoms with E-state index in [4.69, 9.17) is 0 Å². The maximum Gasteiger partial charge on any atom is 1.00 e. The molecule has 5 heteroatoms. The summed E-state index contributed by atoms with van der Waals surface area (Å²) in [6, 6.07) is 10.8. The predicted molar refractivity (Wildman–Crippen MR) is 77.3 cm³/mol. The summed E-state index contributed by atoms with van der Waals surface area (Å²) in [6.07, 6.45) is 2.13. The summed E-state index contributed by atoms with van der Waals surface area (Å²) in [7, 11) is -4.17. The van der Waals surface area contributed by atoms with Gasteiger partial charge in [0.15, 0.2) is 0 Å². The largest absolute Gasteiger partial charge is 1.00 e. The molecule has 0 saturated heterocycles. The summed E-state index contributed by atoms with van der Waals surface area (Å²) in [6.45, 7) is 4.25. The molecule has 2 rings (SSSR count). The minimum Gasteiger partial charge on any atom is -1.00 e. The first-order valence-corrected chi connectivity index (χ1v) is 7.87. The summed E-state index contributed by atoms with van der Waals surface area (Å²) in [5.41, 5.74) is 2.50. The minimum atomic E-state index is -4.17. The summed E-state index contributed by atoms with van der Waals surface area (Å²) in [5, 5.41) is 0. The smallest absolute Gasteiger partial charge is 1.00 e. The molecule has 0 aromatic heterocycles. The Morgan fingerprint density at radius 3 is 2.55 bits per heavy atom. The fourth-order valence-electron chi connectivity index (χ4n) is 2.40. The van der Waals surface area contributed by atoms with Crippen molar-refractivity contribution in [2.75, 3.05) is 0 Å². The van der Waals surface area contributed by atoms with Crippen molar-refractivity contribution < 1.29 is 44.0 Å². The fourth-order valence-corrected chi connectivity index (χ4v) is 3.09. The Hall–Kier alpha value is -0.390. The van der Waals surface area contributed by atoms with Gasteiger partial charge in [0, 0.05) is 5.56 Å². The van der Waals surface area contributed by atoms with Crippen LogP contribution in [0.15, 0.2) is 41.3 Å². The maximum absolute atomic E-state index is 11.4. The minimum absolute atomic E-state index is 0. The first kappa shape index (κ1) is 17.7. The van der Waals surface area contributed by atoms with Crippen molar-refractivity contribution in [1.29, 1.82) is 0 Å². The van der Waals surface area contributed by atoms with Crippen LogP contribution in [-0.2, 0) is 10.1 Å². The van der Waals surface area contributed by atoms with Crippen molar-refractivity contribution in [3.8, 4) is 11.1 Å². The van der Waals surface area contributed by atoms with Gasteiger partial charge in [-0.25, -0.2) is 0 Å².